The molecule has 0 bridgehead atoms. The molecule has 1 aliphatic rings. The van der Waals surface area contributed by atoms with Gasteiger partial charge in [0.1, 0.15) is 0 Å². The van der Waals surface area contributed by atoms with Crippen LogP contribution >= 0.6 is 0 Å². The van der Waals surface area contributed by atoms with E-state index in [2.05, 4.69) is 6.92 Å². The number of hydrogen-bond donors (Lipinski definition) is 1. The molecule has 1 fully saturated rings. The summed E-state index contributed by atoms with van der Waals surface area (Å²) in [5.41, 5.74) is 6.87. The third-order valence-electron chi connectivity index (χ3n) is 4.14. The van der Waals surface area contributed by atoms with Crippen molar-refractivity contribution in [3.63, 3.8) is 0 Å². The van der Waals surface area contributed by atoms with Crippen molar-refractivity contribution in [1.82, 2.24) is 4.90 Å². The van der Waals surface area contributed by atoms with Crippen LogP contribution in [0.15, 0.2) is 30.3 Å². The molecule has 0 aromatic heterocycles. The number of hydrogen-bond acceptors (Lipinski definition) is 2. The quantitative estimate of drug-likeness (QED) is 0.903. The highest BCUT2D eigenvalue weighted by Crippen LogP contribution is 2.24. The molecule has 1 heterocycles. The summed E-state index contributed by atoms with van der Waals surface area (Å²) in [5, 5.41) is 0. The number of amides is 1. The third kappa shape index (κ3) is 3.35. The van der Waals surface area contributed by atoms with Gasteiger partial charge >= 0.3 is 0 Å². The Bertz CT molecular complexity index is 404. The molecule has 2 atom stereocenters. The van der Waals surface area contributed by atoms with Gasteiger partial charge in [0, 0.05) is 19.6 Å². The predicted molar refractivity (Wildman–Crippen MR) is 77.8 cm³/mol. The van der Waals surface area contributed by atoms with Gasteiger partial charge in [-0.15, -0.1) is 0 Å². The number of nitrogens with zero attached hydrogens (tertiary/aromatic N) is 1. The summed E-state index contributed by atoms with van der Waals surface area (Å²) in [5.74, 6) is 0.676. The van der Waals surface area contributed by atoms with Crippen molar-refractivity contribution in [2.45, 2.75) is 32.1 Å². The van der Waals surface area contributed by atoms with Gasteiger partial charge in [-0.3, -0.25) is 4.79 Å². The van der Waals surface area contributed by atoms with Crippen LogP contribution in [0.25, 0.3) is 0 Å². The lowest BCUT2D eigenvalue weighted by atomic mass is 9.92. The van der Waals surface area contributed by atoms with Crippen LogP contribution in [0.2, 0.25) is 0 Å². The Morgan fingerprint density at radius 3 is 2.79 bits per heavy atom. The molecule has 104 valence electrons. The topological polar surface area (TPSA) is 46.3 Å². The van der Waals surface area contributed by atoms with E-state index in [0.29, 0.717) is 12.5 Å². The molecule has 0 aliphatic carbocycles. The van der Waals surface area contributed by atoms with E-state index in [-0.39, 0.29) is 11.8 Å². The summed E-state index contributed by atoms with van der Waals surface area (Å²) >= 11 is 0. The van der Waals surface area contributed by atoms with Crippen LogP contribution in [0.4, 0.5) is 0 Å². The summed E-state index contributed by atoms with van der Waals surface area (Å²) in [7, 11) is 0. The lowest BCUT2D eigenvalue weighted by Crippen LogP contribution is -2.43. The van der Waals surface area contributed by atoms with E-state index in [9.17, 15) is 4.79 Å². The van der Waals surface area contributed by atoms with Gasteiger partial charge in [-0.1, -0.05) is 43.7 Å². The second-order valence-corrected chi connectivity index (χ2v) is 5.40. The number of likely N-dealkylation sites (tertiary alicyclic amines) is 1. The van der Waals surface area contributed by atoms with Crippen LogP contribution in [0.3, 0.4) is 0 Å². The Balaban J connectivity index is 2.08. The van der Waals surface area contributed by atoms with Crippen molar-refractivity contribution in [1.29, 1.82) is 0 Å². The second-order valence-electron chi connectivity index (χ2n) is 5.40. The molecule has 1 saturated heterocycles. The molecular formula is C16H24N2O. The van der Waals surface area contributed by atoms with Crippen molar-refractivity contribution in [3.8, 4) is 0 Å². The molecule has 0 radical (unpaired) electrons. The molecule has 1 aromatic rings. The predicted octanol–water partition coefficient (Wildman–Crippen LogP) is 2.38. The third-order valence-corrected chi connectivity index (χ3v) is 4.14. The zero-order valence-corrected chi connectivity index (χ0v) is 11.7. The summed E-state index contributed by atoms with van der Waals surface area (Å²) in [6.07, 6.45) is 3.53. The van der Waals surface area contributed by atoms with Crippen molar-refractivity contribution < 1.29 is 4.79 Å². The largest absolute Gasteiger partial charge is 0.342 e. The SMILES string of the molecule is CCC1CCCN(C(=O)C(CN)c2ccccc2)C1. The van der Waals surface area contributed by atoms with E-state index in [1.807, 2.05) is 35.2 Å². The van der Waals surface area contributed by atoms with E-state index >= 15 is 0 Å². The van der Waals surface area contributed by atoms with Gasteiger partial charge in [0.15, 0.2) is 0 Å². The number of carbonyl (C=O) groups excluding carboxylic acids is 1. The fourth-order valence-electron chi connectivity index (χ4n) is 2.88. The van der Waals surface area contributed by atoms with E-state index in [4.69, 9.17) is 5.73 Å². The lowest BCUT2D eigenvalue weighted by Gasteiger charge is -2.34. The Hall–Kier alpha value is -1.35. The minimum atomic E-state index is -0.184. The molecule has 3 heteroatoms. The van der Waals surface area contributed by atoms with Crippen molar-refractivity contribution in [3.05, 3.63) is 35.9 Å². The van der Waals surface area contributed by atoms with Gasteiger partial charge in [0.05, 0.1) is 5.92 Å². The molecule has 3 nitrogen and oxygen atoms in total. The smallest absolute Gasteiger partial charge is 0.231 e. The summed E-state index contributed by atoms with van der Waals surface area (Å²) in [6, 6.07) is 9.90. The van der Waals surface area contributed by atoms with E-state index in [0.717, 1.165) is 31.5 Å². The molecule has 0 saturated carbocycles. The number of nitrogens with two attached hydrogens (primary N) is 1. The average Bonchev–Trinajstić information content (AvgIpc) is 2.49. The molecule has 19 heavy (non-hydrogen) atoms. The van der Waals surface area contributed by atoms with Crippen LogP contribution in [0.5, 0.6) is 0 Å². The first kappa shape index (κ1) is 14.1. The maximum absolute atomic E-state index is 12.6. The molecule has 1 aromatic carbocycles. The van der Waals surface area contributed by atoms with Crippen molar-refractivity contribution >= 4 is 5.91 Å². The highest BCUT2D eigenvalue weighted by Gasteiger charge is 2.28. The molecule has 1 amide bonds. The maximum atomic E-state index is 12.6. The van der Waals surface area contributed by atoms with Gasteiger partial charge < -0.3 is 10.6 Å². The fourth-order valence-corrected chi connectivity index (χ4v) is 2.88. The summed E-state index contributed by atoms with van der Waals surface area (Å²) in [6.45, 7) is 4.38. The fraction of sp³-hybridized carbons (Fsp3) is 0.562. The molecule has 2 N–H and O–H groups in total. The first-order chi connectivity index (χ1) is 9.26. The highest BCUT2D eigenvalue weighted by molar-refractivity contribution is 5.84. The number of benzene rings is 1. The molecular weight excluding hydrogens is 236 g/mol. The normalized spacial score (nSPS) is 21.2. The molecule has 2 rings (SSSR count). The monoisotopic (exact) mass is 260 g/mol. The van der Waals surface area contributed by atoms with Gasteiger partial charge in [-0.25, -0.2) is 0 Å². The molecule has 2 unspecified atom stereocenters. The van der Waals surface area contributed by atoms with Crippen LogP contribution in [0.1, 0.15) is 37.7 Å². The first-order valence-electron chi connectivity index (χ1n) is 7.30. The van der Waals surface area contributed by atoms with Crippen LogP contribution in [-0.2, 0) is 4.79 Å². The lowest BCUT2D eigenvalue weighted by molar-refractivity contribution is -0.134. The Labute approximate surface area is 115 Å². The summed E-state index contributed by atoms with van der Waals surface area (Å²) in [4.78, 5) is 14.7. The van der Waals surface area contributed by atoms with Gasteiger partial charge in [-0.2, -0.15) is 0 Å². The van der Waals surface area contributed by atoms with Crippen LogP contribution < -0.4 is 5.73 Å². The van der Waals surface area contributed by atoms with E-state index in [1.54, 1.807) is 0 Å². The molecule has 0 spiro atoms. The Kier molecular flexibility index (Phi) is 4.97. The number of piperidine rings is 1. The van der Waals surface area contributed by atoms with Crippen LogP contribution in [-0.4, -0.2) is 30.4 Å². The zero-order chi connectivity index (χ0) is 13.7. The second kappa shape index (κ2) is 6.71. The zero-order valence-electron chi connectivity index (χ0n) is 11.7. The first-order valence-corrected chi connectivity index (χ1v) is 7.30. The number of rotatable bonds is 4. The number of carbonyl (C=O) groups is 1. The standard InChI is InChI=1S/C16H24N2O/c1-2-13-7-6-10-18(12-13)16(19)15(11-17)14-8-4-3-5-9-14/h3-5,8-9,13,15H,2,6-7,10-12,17H2,1H3. The van der Waals surface area contributed by atoms with Gasteiger partial charge in [-0.05, 0) is 24.3 Å². The van der Waals surface area contributed by atoms with Gasteiger partial charge in [0.2, 0.25) is 5.91 Å². The average molecular weight is 260 g/mol. The minimum Gasteiger partial charge on any atom is -0.342 e. The summed E-state index contributed by atoms with van der Waals surface area (Å²) < 4.78 is 0. The molecule has 1 aliphatic heterocycles. The Morgan fingerprint density at radius 2 is 2.16 bits per heavy atom. The van der Waals surface area contributed by atoms with E-state index < -0.39 is 0 Å². The maximum Gasteiger partial charge on any atom is 0.231 e. The van der Waals surface area contributed by atoms with Crippen LogP contribution in [0, 0.1) is 5.92 Å². The van der Waals surface area contributed by atoms with Crippen molar-refractivity contribution in [2.75, 3.05) is 19.6 Å². The van der Waals surface area contributed by atoms with Crippen molar-refractivity contribution in [2.24, 2.45) is 11.7 Å². The minimum absolute atomic E-state index is 0.184. The highest BCUT2D eigenvalue weighted by atomic mass is 16.2. The van der Waals surface area contributed by atoms with E-state index in [1.165, 1.54) is 6.42 Å². The Morgan fingerprint density at radius 1 is 1.42 bits per heavy atom. The van der Waals surface area contributed by atoms with Gasteiger partial charge in [0.25, 0.3) is 0 Å².